The molecular formula is C26H27N7O4. The molecule has 11 heteroatoms. The van der Waals surface area contributed by atoms with Crippen LogP contribution in [-0.4, -0.2) is 46.1 Å². The summed E-state index contributed by atoms with van der Waals surface area (Å²) >= 11 is 0. The van der Waals surface area contributed by atoms with Crippen molar-refractivity contribution in [2.45, 2.75) is 25.1 Å². The third-order valence-electron chi connectivity index (χ3n) is 6.14. The van der Waals surface area contributed by atoms with Gasteiger partial charge in [-0.05, 0) is 36.4 Å². The Kier molecular flexibility index (Phi) is 7.44. The van der Waals surface area contributed by atoms with E-state index in [0.717, 1.165) is 0 Å². The first-order valence-corrected chi connectivity index (χ1v) is 11.5. The van der Waals surface area contributed by atoms with Crippen LogP contribution in [0.2, 0.25) is 0 Å². The number of hydrogen-bond donors (Lipinski definition) is 5. The molecule has 3 aromatic carbocycles. The minimum Gasteiger partial charge on any atom is -0.489 e. The molecular weight excluding hydrogens is 474 g/mol. The molecule has 0 spiro atoms. The maximum atomic E-state index is 13.3. The Morgan fingerprint density at radius 2 is 1.73 bits per heavy atom. The molecule has 1 amide bonds. The number of nitro benzene ring substituents is 1. The number of nitrogens with zero attached hydrogens (tertiary/aromatic N) is 2. The van der Waals surface area contributed by atoms with Gasteiger partial charge in [0.05, 0.1) is 11.0 Å². The Morgan fingerprint density at radius 1 is 1.03 bits per heavy atom. The monoisotopic (exact) mass is 501 g/mol. The van der Waals surface area contributed by atoms with Gasteiger partial charge < -0.3 is 21.5 Å². The van der Waals surface area contributed by atoms with Gasteiger partial charge >= 0.3 is 0 Å². The summed E-state index contributed by atoms with van der Waals surface area (Å²) in [6.07, 6.45) is -0.0247. The van der Waals surface area contributed by atoms with Gasteiger partial charge in [-0.1, -0.05) is 30.3 Å². The predicted molar refractivity (Wildman–Crippen MR) is 140 cm³/mol. The number of rotatable bonds is 9. The van der Waals surface area contributed by atoms with Gasteiger partial charge in [0.15, 0.2) is 0 Å². The molecule has 0 aliphatic carbocycles. The van der Waals surface area contributed by atoms with Crippen molar-refractivity contribution in [2.24, 2.45) is 11.5 Å². The lowest BCUT2D eigenvalue weighted by Crippen LogP contribution is -2.39. The number of ether oxygens (including phenoxy) is 1. The van der Waals surface area contributed by atoms with Crippen LogP contribution in [0, 0.1) is 20.9 Å². The normalized spacial score (nSPS) is 17.2. The minimum atomic E-state index is -0.617. The second-order valence-corrected chi connectivity index (χ2v) is 8.73. The van der Waals surface area contributed by atoms with Crippen LogP contribution in [-0.2, 0) is 11.3 Å². The van der Waals surface area contributed by atoms with Crippen LogP contribution in [0.5, 0.6) is 5.75 Å². The molecule has 1 aliphatic heterocycles. The third-order valence-corrected chi connectivity index (χ3v) is 6.14. The molecule has 190 valence electrons. The minimum absolute atomic E-state index is 0.0139. The van der Waals surface area contributed by atoms with Crippen molar-refractivity contribution >= 4 is 29.0 Å². The largest absolute Gasteiger partial charge is 0.489 e. The predicted octanol–water partition coefficient (Wildman–Crippen LogP) is 2.82. The Labute approximate surface area is 213 Å². The number of carbonyl (C=O) groups excluding carboxylic acids is 1. The molecule has 4 rings (SSSR count). The number of carbonyl (C=O) groups is 1. The second kappa shape index (κ2) is 10.9. The van der Waals surface area contributed by atoms with Gasteiger partial charge in [-0.3, -0.25) is 30.6 Å². The second-order valence-electron chi connectivity index (χ2n) is 8.73. The zero-order valence-corrected chi connectivity index (χ0v) is 19.9. The van der Waals surface area contributed by atoms with Crippen molar-refractivity contribution in [2.75, 3.05) is 11.9 Å². The number of amides is 1. The van der Waals surface area contributed by atoms with E-state index >= 15 is 0 Å². The Morgan fingerprint density at radius 3 is 2.41 bits per heavy atom. The average molecular weight is 502 g/mol. The van der Waals surface area contributed by atoms with Crippen LogP contribution in [0.25, 0.3) is 0 Å². The van der Waals surface area contributed by atoms with Crippen LogP contribution in [0.1, 0.15) is 23.1 Å². The number of nitrogen functional groups attached to an aromatic ring is 2. The van der Waals surface area contributed by atoms with E-state index in [0.29, 0.717) is 41.1 Å². The quantitative estimate of drug-likeness (QED) is 0.129. The SMILES string of the molecule is N=C(N)c1ccc(NC(=O)[C@@H]2C[C@@H](Oc3cccc(C(=N)N)c3)CN2Cc2ccccc2[N+](=O)[O-])cc1. The van der Waals surface area contributed by atoms with Crippen molar-refractivity contribution in [3.05, 3.63) is 99.6 Å². The highest BCUT2D eigenvalue weighted by Crippen LogP contribution is 2.29. The van der Waals surface area contributed by atoms with E-state index < -0.39 is 11.0 Å². The van der Waals surface area contributed by atoms with Gasteiger partial charge in [-0.15, -0.1) is 0 Å². The zero-order valence-electron chi connectivity index (χ0n) is 19.9. The van der Waals surface area contributed by atoms with Crippen molar-refractivity contribution in [1.29, 1.82) is 10.8 Å². The first kappa shape index (κ1) is 25.3. The topological polar surface area (TPSA) is 184 Å². The molecule has 37 heavy (non-hydrogen) atoms. The first-order chi connectivity index (χ1) is 17.7. The summed E-state index contributed by atoms with van der Waals surface area (Å²) in [4.78, 5) is 26.3. The molecule has 7 N–H and O–H groups in total. The molecule has 0 aromatic heterocycles. The van der Waals surface area contributed by atoms with Gasteiger partial charge in [-0.25, -0.2) is 0 Å². The van der Waals surface area contributed by atoms with Gasteiger partial charge in [0.25, 0.3) is 5.69 Å². The molecule has 11 nitrogen and oxygen atoms in total. The number of nitrogens with two attached hydrogens (primary N) is 2. The first-order valence-electron chi connectivity index (χ1n) is 11.5. The van der Waals surface area contributed by atoms with E-state index in [1.807, 2.05) is 4.90 Å². The summed E-state index contributed by atoms with van der Waals surface area (Å²) in [5, 5.41) is 29.6. The molecule has 1 aliphatic rings. The van der Waals surface area contributed by atoms with Gasteiger partial charge in [0, 0.05) is 48.0 Å². The highest BCUT2D eigenvalue weighted by molar-refractivity contribution is 5.97. The summed E-state index contributed by atoms with van der Waals surface area (Å²) in [5.74, 6) is 0.0861. The van der Waals surface area contributed by atoms with E-state index in [1.165, 1.54) is 6.07 Å². The number of amidine groups is 2. The molecule has 3 aromatic rings. The fourth-order valence-corrected chi connectivity index (χ4v) is 4.32. The Hall–Kier alpha value is -4.77. The van der Waals surface area contributed by atoms with Crippen molar-refractivity contribution in [1.82, 2.24) is 4.90 Å². The lowest BCUT2D eigenvalue weighted by Gasteiger charge is -2.23. The smallest absolute Gasteiger partial charge is 0.273 e. The standard InChI is InChI=1S/C26H27N7O4/c27-24(28)16-8-10-19(11-9-16)31-26(34)23-13-21(37-20-6-3-5-17(12-20)25(29)30)15-32(23)14-18-4-1-2-7-22(18)33(35)36/h1-12,21,23H,13-15H2,(H3,27,28)(H3,29,30)(H,31,34)/t21-,23+/m1/s1. The van der Waals surface area contributed by atoms with Crippen LogP contribution in [0.3, 0.4) is 0 Å². The number of nitrogens with one attached hydrogen (secondary N) is 3. The lowest BCUT2D eigenvalue weighted by atomic mass is 10.1. The van der Waals surface area contributed by atoms with Gasteiger partial charge in [-0.2, -0.15) is 0 Å². The van der Waals surface area contributed by atoms with Gasteiger partial charge in [0.2, 0.25) is 5.91 Å². The number of para-hydroxylation sites is 1. The molecule has 1 saturated heterocycles. The van der Waals surface area contributed by atoms with Crippen molar-refractivity contribution in [3.8, 4) is 5.75 Å². The van der Waals surface area contributed by atoms with Crippen LogP contribution >= 0.6 is 0 Å². The third kappa shape index (κ3) is 6.08. The van der Waals surface area contributed by atoms with Crippen LogP contribution < -0.4 is 21.5 Å². The van der Waals surface area contributed by atoms with Crippen LogP contribution in [0.15, 0.2) is 72.8 Å². The molecule has 0 radical (unpaired) electrons. The number of anilines is 1. The lowest BCUT2D eigenvalue weighted by molar-refractivity contribution is -0.385. The van der Waals surface area contributed by atoms with E-state index in [4.69, 9.17) is 27.0 Å². The van der Waals surface area contributed by atoms with E-state index in [1.54, 1.807) is 66.7 Å². The summed E-state index contributed by atoms with van der Waals surface area (Å²) in [6, 6.07) is 19.3. The molecule has 0 bridgehead atoms. The van der Waals surface area contributed by atoms with E-state index in [2.05, 4.69) is 5.32 Å². The van der Waals surface area contributed by atoms with Crippen molar-refractivity contribution < 1.29 is 14.5 Å². The van der Waals surface area contributed by atoms with E-state index in [9.17, 15) is 14.9 Å². The summed E-state index contributed by atoms with van der Waals surface area (Å²) in [7, 11) is 0. The average Bonchev–Trinajstić information content (AvgIpc) is 3.26. The number of hydrogen-bond acceptors (Lipinski definition) is 7. The summed E-state index contributed by atoms with van der Waals surface area (Å²) in [6.45, 7) is 0.545. The molecule has 1 heterocycles. The van der Waals surface area contributed by atoms with E-state index in [-0.39, 0.29) is 35.9 Å². The number of likely N-dealkylation sites (tertiary alicyclic amines) is 1. The number of nitro groups is 1. The Balaban J connectivity index is 1.56. The molecule has 1 fully saturated rings. The zero-order chi connectivity index (χ0) is 26.5. The fraction of sp³-hybridized carbons (Fsp3) is 0.192. The highest BCUT2D eigenvalue weighted by Gasteiger charge is 2.39. The Bertz CT molecular complexity index is 1340. The maximum Gasteiger partial charge on any atom is 0.273 e. The fourth-order valence-electron chi connectivity index (χ4n) is 4.32. The van der Waals surface area contributed by atoms with Crippen molar-refractivity contribution in [3.63, 3.8) is 0 Å². The highest BCUT2D eigenvalue weighted by atomic mass is 16.6. The maximum absolute atomic E-state index is 13.3. The summed E-state index contributed by atoms with van der Waals surface area (Å²) < 4.78 is 6.14. The van der Waals surface area contributed by atoms with Gasteiger partial charge in [0.1, 0.15) is 23.5 Å². The summed E-state index contributed by atoms with van der Waals surface area (Å²) in [5.41, 5.74) is 13.2. The molecule has 0 unspecified atom stereocenters. The molecule has 0 saturated carbocycles. The van der Waals surface area contributed by atoms with Crippen LogP contribution in [0.4, 0.5) is 11.4 Å². The number of benzene rings is 3. The molecule has 2 atom stereocenters.